The van der Waals surface area contributed by atoms with E-state index < -0.39 is 24.4 Å². The maximum atomic E-state index is 8.90. The molecule has 0 bridgehead atoms. The SMILES string of the molecule is NC1CC(O)[C@@H](O)[C@H]1O. The van der Waals surface area contributed by atoms with Gasteiger partial charge in [0.1, 0.15) is 6.10 Å². The summed E-state index contributed by atoms with van der Waals surface area (Å²) in [4.78, 5) is 0. The van der Waals surface area contributed by atoms with E-state index in [0.717, 1.165) is 0 Å². The summed E-state index contributed by atoms with van der Waals surface area (Å²) in [5.74, 6) is 0. The van der Waals surface area contributed by atoms with Gasteiger partial charge in [0, 0.05) is 6.04 Å². The van der Waals surface area contributed by atoms with Crippen LogP contribution in [0, 0.1) is 0 Å². The Morgan fingerprint density at radius 3 is 1.78 bits per heavy atom. The molecule has 0 amide bonds. The maximum absolute atomic E-state index is 8.90. The zero-order valence-electron chi connectivity index (χ0n) is 4.94. The fraction of sp³-hybridized carbons (Fsp3) is 1.00. The summed E-state index contributed by atoms with van der Waals surface area (Å²) >= 11 is 0. The summed E-state index contributed by atoms with van der Waals surface area (Å²) in [6.45, 7) is 0. The topological polar surface area (TPSA) is 86.7 Å². The van der Waals surface area contributed by atoms with E-state index in [1.807, 2.05) is 0 Å². The van der Waals surface area contributed by atoms with E-state index in [4.69, 9.17) is 21.1 Å². The second kappa shape index (κ2) is 2.22. The number of hydrogen-bond donors (Lipinski definition) is 4. The van der Waals surface area contributed by atoms with Gasteiger partial charge in [0.15, 0.2) is 0 Å². The van der Waals surface area contributed by atoms with Crippen molar-refractivity contribution in [2.24, 2.45) is 5.73 Å². The van der Waals surface area contributed by atoms with Gasteiger partial charge in [-0.05, 0) is 6.42 Å². The van der Waals surface area contributed by atoms with Crippen LogP contribution in [-0.4, -0.2) is 39.7 Å². The first-order valence-corrected chi connectivity index (χ1v) is 2.92. The molecule has 1 fully saturated rings. The van der Waals surface area contributed by atoms with Gasteiger partial charge >= 0.3 is 0 Å². The molecule has 1 rings (SSSR count). The van der Waals surface area contributed by atoms with Crippen molar-refractivity contribution in [3.05, 3.63) is 0 Å². The van der Waals surface area contributed by atoms with Gasteiger partial charge in [-0.15, -0.1) is 0 Å². The number of nitrogens with two attached hydrogens (primary N) is 1. The van der Waals surface area contributed by atoms with Crippen LogP contribution >= 0.6 is 0 Å². The van der Waals surface area contributed by atoms with Crippen molar-refractivity contribution in [1.29, 1.82) is 0 Å². The molecule has 4 heteroatoms. The molecule has 4 atom stereocenters. The molecule has 0 aliphatic heterocycles. The Hall–Kier alpha value is -0.160. The molecule has 2 unspecified atom stereocenters. The summed E-state index contributed by atoms with van der Waals surface area (Å²) in [7, 11) is 0. The van der Waals surface area contributed by atoms with E-state index in [1.54, 1.807) is 0 Å². The first kappa shape index (κ1) is 6.95. The molecule has 0 radical (unpaired) electrons. The van der Waals surface area contributed by atoms with Gasteiger partial charge in [-0.2, -0.15) is 0 Å². The highest BCUT2D eigenvalue weighted by Crippen LogP contribution is 2.18. The van der Waals surface area contributed by atoms with Crippen LogP contribution in [0.4, 0.5) is 0 Å². The minimum atomic E-state index is -1.06. The monoisotopic (exact) mass is 133 g/mol. The highest BCUT2D eigenvalue weighted by Gasteiger charge is 2.38. The quantitative estimate of drug-likeness (QED) is 0.302. The third kappa shape index (κ3) is 1.07. The minimum absolute atomic E-state index is 0.280. The van der Waals surface area contributed by atoms with Crippen LogP contribution in [0.2, 0.25) is 0 Å². The average molecular weight is 133 g/mol. The lowest BCUT2D eigenvalue weighted by Gasteiger charge is -2.11. The molecule has 54 valence electrons. The molecule has 1 aliphatic carbocycles. The lowest BCUT2D eigenvalue weighted by atomic mass is 10.2. The Balaban J connectivity index is 2.54. The first-order valence-electron chi connectivity index (χ1n) is 2.92. The van der Waals surface area contributed by atoms with Crippen LogP contribution in [0.25, 0.3) is 0 Å². The standard InChI is InChI=1S/C5H11NO3/c6-2-1-3(7)5(9)4(2)8/h2-5,7-9H,1,6H2/t2?,3?,4-,5+/m0/s1. The molecular weight excluding hydrogens is 122 g/mol. The summed E-state index contributed by atoms with van der Waals surface area (Å²) in [6.07, 6.45) is -2.59. The number of aliphatic hydroxyl groups is 3. The van der Waals surface area contributed by atoms with Crippen molar-refractivity contribution in [1.82, 2.24) is 0 Å². The molecule has 4 nitrogen and oxygen atoms in total. The molecule has 5 N–H and O–H groups in total. The zero-order chi connectivity index (χ0) is 7.02. The summed E-state index contributed by atoms with van der Waals surface area (Å²) in [5.41, 5.74) is 5.29. The lowest BCUT2D eigenvalue weighted by Crippen LogP contribution is -2.36. The van der Waals surface area contributed by atoms with Crippen molar-refractivity contribution in [2.75, 3.05) is 0 Å². The molecule has 0 spiro atoms. The molecule has 1 aliphatic rings. The van der Waals surface area contributed by atoms with Crippen LogP contribution in [0.3, 0.4) is 0 Å². The summed E-state index contributed by atoms with van der Waals surface area (Å²) in [5, 5.41) is 26.6. The maximum Gasteiger partial charge on any atom is 0.107 e. The zero-order valence-corrected chi connectivity index (χ0v) is 4.94. The Labute approximate surface area is 52.9 Å². The number of rotatable bonds is 0. The predicted molar refractivity (Wildman–Crippen MR) is 30.6 cm³/mol. The van der Waals surface area contributed by atoms with Gasteiger partial charge in [0.25, 0.3) is 0 Å². The molecule has 0 aromatic carbocycles. The van der Waals surface area contributed by atoms with Crippen molar-refractivity contribution in [3.63, 3.8) is 0 Å². The van der Waals surface area contributed by atoms with Gasteiger partial charge in [0.05, 0.1) is 12.2 Å². The van der Waals surface area contributed by atoms with Gasteiger partial charge in [-0.3, -0.25) is 0 Å². The molecule has 0 aromatic rings. The second-order valence-corrected chi connectivity index (χ2v) is 2.45. The normalized spacial score (nSPS) is 52.0. The lowest BCUT2D eigenvalue weighted by molar-refractivity contribution is -0.0205. The van der Waals surface area contributed by atoms with Crippen molar-refractivity contribution in [2.45, 2.75) is 30.8 Å². The van der Waals surface area contributed by atoms with E-state index in [9.17, 15) is 0 Å². The third-order valence-electron chi connectivity index (χ3n) is 1.70. The van der Waals surface area contributed by atoms with Crippen molar-refractivity contribution >= 4 is 0 Å². The summed E-state index contributed by atoms with van der Waals surface area (Å²) in [6, 6.07) is -0.477. The number of hydrogen-bond acceptors (Lipinski definition) is 4. The minimum Gasteiger partial charge on any atom is -0.390 e. The van der Waals surface area contributed by atoms with Crippen LogP contribution in [0.5, 0.6) is 0 Å². The van der Waals surface area contributed by atoms with Crippen LogP contribution < -0.4 is 5.73 Å². The summed E-state index contributed by atoms with van der Waals surface area (Å²) < 4.78 is 0. The highest BCUT2D eigenvalue weighted by atomic mass is 16.4. The Morgan fingerprint density at radius 2 is 1.67 bits per heavy atom. The van der Waals surface area contributed by atoms with Crippen LogP contribution in [-0.2, 0) is 0 Å². The van der Waals surface area contributed by atoms with Gasteiger partial charge in [0.2, 0.25) is 0 Å². The van der Waals surface area contributed by atoms with Gasteiger partial charge in [-0.1, -0.05) is 0 Å². The van der Waals surface area contributed by atoms with Crippen molar-refractivity contribution < 1.29 is 15.3 Å². The third-order valence-corrected chi connectivity index (χ3v) is 1.70. The smallest absolute Gasteiger partial charge is 0.107 e. The van der Waals surface area contributed by atoms with E-state index in [0.29, 0.717) is 0 Å². The van der Waals surface area contributed by atoms with E-state index in [2.05, 4.69) is 0 Å². The molecule has 0 heterocycles. The first-order chi connectivity index (χ1) is 4.13. The largest absolute Gasteiger partial charge is 0.390 e. The number of aliphatic hydroxyl groups excluding tert-OH is 3. The van der Waals surface area contributed by atoms with E-state index >= 15 is 0 Å². The second-order valence-electron chi connectivity index (χ2n) is 2.45. The Morgan fingerprint density at radius 1 is 1.11 bits per heavy atom. The van der Waals surface area contributed by atoms with E-state index in [1.165, 1.54) is 0 Å². The highest BCUT2D eigenvalue weighted by molar-refractivity contribution is 4.93. The molecular formula is C5H11NO3. The van der Waals surface area contributed by atoms with Gasteiger partial charge < -0.3 is 21.1 Å². The Bertz CT molecular complexity index is 96.4. The average Bonchev–Trinajstić information content (AvgIpc) is 1.98. The fourth-order valence-electron chi connectivity index (χ4n) is 1.04. The molecule has 9 heavy (non-hydrogen) atoms. The van der Waals surface area contributed by atoms with Crippen LogP contribution in [0.1, 0.15) is 6.42 Å². The van der Waals surface area contributed by atoms with Crippen LogP contribution in [0.15, 0.2) is 0 Å². The molecule has 0 aromatic heterocycles. The molecule has 1 saturated carbocycles. The van der Waals surface area contributed by atoms with Gasteiger partial charge in [-0.25, -0.2) is 0 Å². The predicted octanol–water partition coefficient (Wildman–Crippen LogP) is -2.20. The van der Waals surface area contributed by atoms with Crippen molar-refractivity contribution in [3.8, 4) is 0 Å². The van der Waals surface area contributed by atoms with E-state index in [-0.39, 0.29) is 6.42 Å². The Kier molecular flexibility index (Phi) is 1.72. The molecule has 0 saturated heterocycles. The fourth-order valence-corrected chi connectivity index (χ4v) is 1.04.